The number of aromatic carboxylic acids is 1. The molecule has 0 aromatic carbocycles. The molecule has 100 valence electrons. The molecule has 19 heavy (non-hydrogen) atoms. The molecular formula is C14H15NO3S. The van der Waals surface area contributed by atoms with Crippen molar-refractivity contribution in [3.05, 3.63) is 55.6 Å². The van der Waals surface area contributed by atoms with Crippen molar-refractivity contribution in [2.45, 2.75) is 26.8 Å². The first-order chi connectivity index (χ1) is 9.01. The van der Waals surface area contributed by atoms with Crippen molar-refractivity contribution in [2.75, 3.05) is 0 Å². The maximum absolute atomic E-state index is 11.5. The first-order valence-electron chi connectivity index (χ1n) is 6.03. The van der Waals surface area contributed by atoms with E-state index < -0.39 is 11.4 Å². The van der Waals surface area contributed by atoms with Gasteiger partial charge in [0.05, 0.1) is 6.54 Å². The Morgan fingerprint density at radius 2 is 2.05 bits per heavy atom. The molecule has 2 aromatic rings. The molecule has 0 aliphatic rings. The first-order valence-corrected chi connectivity index (χ1v) is 6.85. The molecule has 4 nitrogen and oxygen atoms in total. The molecule has 0 spiro atoms. The zero-order chi connectivity index (χ0) is 14.0. The lowest BCUT2D eigenvalue weighted by atomic mass is 10.2. The van der Waals surface area contributed by atoms with Crippen molar-refractivity contribution in [1.82, 2.24) is 4.57 Å². The molecule has 0 radical (unpaired) electrons. The fraction of sp³-hybridized carbons (Fsp3) is 0.286. The normalized spacial score (nSPS) is 10.6. The zero-order valence-electron chi connectivity index (χ0n) is 10.8. The number of pyridine rings is 1. The van der Waals surface area contributed by atoms with E-state index in [0.717, 1.165) is 17.0 Å². The van der Waals surface area contributed by atoms with E-state index >= 15 is 0 Å². The molecule has 2 aromatic heterocycles. The monoisotopic (exact) mass is 277 g/mol. The van der Waals surface area contributed by atoms with Crippen LogP contribution in [0.2, 0.25) is 0 Å². The van der Waals surface area contributed by atoms with Crippen LogP contribution in [0.25, 0.3) is 0 Å². The Balaban J connectivity index is 2.36. The smallest absolute Gasteiger partial charge is 0.341 e. The lowest BCUT2D eigenvalue weighted by Gasteiger charge is -2.10. The van der Waals surface area contributed by atoms with Crippen molar-refractivity contribution in [2.24, 2.45) is 0 Å². The highest BCUT2D eigenvalue weighted by molar-refractivity contribution is 7.11. The number of aromatic nitrogens is 1. The second kappa shape index (κ2) is 5.40. The van der Waals surface area contributed by atoms with Gasteiger partial charge in [-0.15, -0.1) is 11.3 Å². The highest BCUT2D eigenvalue weighted by Gasteiger charge is 2.11. The van der Waals surface area contributed by atoms with Crippen LogP contribution in [0, 0.1) is 6.92 Å². The summed E-state index contributed by atoms with van der Waals surface area (Å²) in [5, 5.41) is 8.98. The van der Waals surface area contributed by atoms with Gasteiger partial charge in [0.15, 0.2) is 5.43 Å². The number of nitrogens with zero attached hydrogens (tertiary/aromatic N) is 1. The van der Waals surface area contributed by atoms with Gasteiger partial charge in [0.1, 0.15) is 5.56 Å². The summed E-state index contributed by atoms with van der Waals surface area (Å²) in [6.07, 6.45) is 2.42. The van der Waals surface area contributed by atoms with Gasteiger partial charge in [-0.3, -0.25) is 4.79 Å². The van der Waals surface area contributed by atoms with Crippen LogP contribution in [0.5, 0.6) is 0 Å². The molecule has 0 fully saturated rings. The molecule has 2 heterocycles. The van der Waals surface area contributed by atoms with Crippen LogP contribution in [0.3, 0.4) is 0 Å². The zero-order valence-corrected chi connectivity index (χ0v) is 11.7. The minimum absolute atomic E-state index is 0.183. The molecule has 0 aliphatic heterocycles. The molecule has 0 bridgehead atoms. The highest BCUT2D eigenvalue weighted by Crippen LogP contribution is 2.18. The molecule has 1 N–H and O–H groups in total. The molecule has 0 amide bonds. The van der Waals surface area contributed by atoms with E-state index in [1.807, 2.05) is 6.07 Å². The standard InChI is InChI=1S/C14H15NO3S/c1-3-10-4-5-11(19-10)7-15-8-12(14(17)18)13(16)6-9(15)2/h4-6,8H,3,7H2,1-2H3,(H,17,18). The third-order valence-electron chi connectivity index (χ3n) is 2.97. The van der Waals surface area contributed by atoms with Gasteiger partial charge in [-0.25, -0.2) is 4.79 Å². The SMILES string of the molecule is CCc1ccc(Cn2cc(C(=O)O)c(=O)cc2C)s1. The molecule has 0 saturated heterocycles. The van der Waals surface area contributed by atoms with Gasteiger partial charge < -0.3 is 9.67 Å². The minimum Gasteiger partial charge on any atom is -0.477 e. The van der Waals surface area contributed by atoms with Gasteiger partial charge in [-0.2, -0.15) is 0 Å². The van der Waals surface area contributed by atoms with Gasteiger partial charge in [0.2, 0.25) is 0 Å². The van der Waals surface area contributed by atoms with Crippen LogP contribution in [-0.4, -0.2) is 15.6 Å². The Labute approximate surface area is 115 Å². The van der Waals surface area contributed by atoms with Crippen LogP contribution in [0.4, 0.5) is 0 Å². The third-order valence-corrected chi connectivity index (χ3v) is 4.18. The summed E-state index contributed by atoms with van der Waals surface area (Å²) in [5.41, 5.74) is 0.140. The topological polar surface area (TPSA) is 59.3 Å². The van der Waals surface area contributed by atoms with Crippen LogP contribution < -0.4 is 5.43 Å². The van der Waals surface area contributed by atoms with E-state index in [1.165, 1.54) is 17.1 Å². The lowest BCUT2D eigenvalue weighted by molar-refractivity contribution is 0.0694. The summed E-state index contributed by atoms with van der Waals surface area (Å²) in [7, 11) is 0. The maximum atomic E-state index is 11.5. The molecule has 0 atom stereocenters. The molecular weight excluding hydrogens is 262 g/mol. The van der Waals surface area contributed by atoms with Crippen LogP contribution in [-0.2, 0) is 13.0 Å². The van der Waals surface area contributed by atoms with Gasteiger partial charge in [-0.05, 0) is 25.5 Å². The second-order valence-electron chi connectivity index (χ2n) is 4.35. The Morgan fingerprint density at radius 1 is 1.37 bits per heavy atom. The molecule has 2 rings (SSSR count). The Morgan fingerprint density at radius 3 is 2.63 bits per heavy atom. The maximum Gasteiger partial charge on any atom is 0.341 e. The number of thiophene rings is 1. The second-order valence-corrected chi connectivity index (χ2v) is 5.60. The average molecular weight is 277 g/mol. The first kappa shape index (κ1) is 13.5. The summed E-state index contributed by atoms with van der Waals surface area (Å²) in [4.78, 5) is 25.0. The number of carbonyl (C=O) groups is 1. The quantitative estimate of drug-likeness (QED) is 0.934. The minimum atomic E-state index is -1.18. The summed E-state index contributed by atoms with van der Waals surface area (Å²) >= 11 is 1.71. The van der Waals surface area contributed by atoms with E-state index in [0.29, 0.717) is 6.54 Å². The van der Waals surface area contributed by atoms with Crippen LogP contribution in [0.1, 0.15) is 32.7 Å². The van der Waals surface area contributed by atoms with Gasteiger partial charge >= 0.3 is 5.97 Å². The van der Waals surface area contributed by atoms with Crippen LogP contribution in [0.15, 0.2) is 29.2 Å². The van der Waals surface area contributed by atoms with E-state index in [1.54, 1.807) is 22.8 Å². The van der Waals surface area contributed by atoms with E-state index in [-0.39, 0.29) is 5.56 Å². The van der Waals surface area contributed by atoms with Crippen LogP contribution >= 0.6 is 11.3 Å². The van der Waals surface area contributed by atoms with Gasteiger partial charge in [0.25, 0.3) is 0 Å². The number of carboxylic acids is 1. The molecule has 0 saturated carbocycles. The number of aryl methyl sites for hydroxylation is 2. The van der Waals surface area contributed by atoms with E-state index in [4.69, 9.17) is 5.11 Å². The predicted molar refractivity (Wildman–Crippen MR) is 75.2 cm³/mol. The van der Waals surface area contributed by atoms with Gasteiger partial charge in [0, 0.05) is 27.7 Å². The predicted octanol–water partition coefficient (Wildman–Crippen LogP) is 2.53. The summed E-state index contributed by atoms with van der Waals surface area (Å²) in [6.45, 7) is 4.50. The van der Waals surface area contributed by atoms with Gasteiger partial charge in [-0.1, -0.05) is 6.92 Å². The summed E-state index contributed by atoms with van der Waals surface area (Å²) < 4.78 is 1.80. The number of hydrogen-bond acceptors (Lipinski definition) is 3. The third kappa shape index (κ3) is 2.93. The average Bonchev–Trinajstić information content (AvgIpc) is 2.80. The van der Waals surface area contributed by atoms with Crippen molar-refractivity contribution >= 4 is 17.3 Å². The van der Waals surface area contributed by atoms with Crippen molar-refractivity contribution in [3.63, 3.8) is 0 Å². The van der Waals surface area contributed by atoms with Crippen molar-refractivity contribution < 1.29 is 9.90 Å². The fourth-order valence-corrected chi connectivity index (χ4v) is 2.82. The molecule has 5 heteroatoms. The number of hydrogen-bond donors (Lipinski definition) is 1. The molecule has 0 unspecified atom stereocenters. The largest absolute Gasteiger partial charge is 0.477 e. The fourth-order valence-electron chi connectivity index (χ4n) is 1.87. The number of rotatable bonds is 4. The van der Waals surface area contributed by atoms with Crippen molar-refractivity contribution in [3.8, 4) is 0 Å². The van der Waals surface area contributed by atoms with Crippen molar-refractivity contribution in [1.29, 1.82) is 0 Å². The van der Waals surface area contributed by atoms with E-state index in [2.05, 4.69) is 13.0 Å². The number of carboxylic acid groups (broad SMARTS) is 1. The summed E-state index contributed by atoms with van der Waals surface area (Å²) in [5.74, 6) is -1.18. The Bertz CT molecular complexity index is 670. The Kier molecular flexibility index (Phi) is 3.85. The van der Waals surface area contributed by atoms with E-state index in [9.17, 15) is 9.59 Å². The Hall–Kier alpha value is -1.88. The lowest BCUT2D eigenvalue weighted by Crippen LogP contribution is -2.19. The summed E-state index contributed by atoms with van der Waals surface area (Å²) in [6, 6.07) is 5.50. The molecule has 0 aliphatic carbocycles. The highest BCUT2D eigenvalue weighted by atomic mass is 32.1.